The normalized spacial score (nSPS) is 11.8. The number of carbonyl (C=O) groups is 1. The van der Waals surface area contributed by atoms with E-state index in [1.807, 2.05) is 20.8 Å². The van der Waals surface area contributed by atoms with Crippen molar-refractivity contribution in [2.75, 3.05) is 19.8 Å². The van der Waals surface area contributed by atoms with Crippen LogP contribution in [0.1, 0.15) is 31.1 Å². The van der Waals surface area contributed by atoms with E-state index in [9.17, 15) is 4.79 Å². The smallest absolute Gasteiger partial charge is 0.251 e. The Morgan fingerprint density at radius 1 is 1.26 bits per heavy atom. The van der Waals surface area contributed by atoms with Gasteiger partial charge in [0.1, 0.15) is 0 Å². The molecule has 0 aliphatic heterocycles. The van der Waals surface area contributed by atoms with Crippen LogP contribution in [0.5, 0.6) is 11.5 Å². The van der Waals surface area contributed by atoms with Gasteiger partial charge in [0.15, 0.2) is 11.5 Å². The molecule has 0 saturated heterocycles. The summed E-state index contributed by atoms with van der Waals surface area (Å²) >= 11 is 0. The third-order valence-electron chi connectivity index (χ3n) is 2.54. The van der Waals surface area contributed by atoms with E-state index in [1.165, 1.54) is 0 Å². The lowest BCUT2D eigenvalue weighted by molar-refractivity contribution is 0.0940. The number of hydrogen-bond acceptors (Lipinski definition) is 4. The second-order valence-electron chi connectivity index (χ2n) is 4.14. The van der Waals surface area contributed by atoms with Gasteiger partial charge in [-0.3, -0.25) is 4.79 Å². The van der Waals surface area contributed by atoms with E-state index in [2.05, 4.69) is 5.32 Å². The zero-order chi connectivity index (χ0) is 14.3. The molecule has 0 radical (unpaired) electrons. The molecule has 0 heterocycles. The van der Waals surface area contributed by atoms with Gasteiger partial charge in [-0.05, 0) is 39.0 Å². The average Bonchev–Trinajstić information content (AvgIpc) is 2.41. The molecule has 1 atom stereocenters. The number of hydrogen-bond donors (Lipinski definition) is 2. The van der Waals surface area contributed by atoms with Crippen molar-refractivity contribution in [3.63, 3.8) is 0 Å². The maximum absolute atomic E-state index is 12.0. The Kier molecular flexibility index (Phi) is 6.15. The lowest BCUT2D eigenvalue weighted by Gasteiger charge is -2.14. The average molecular weight is 266 g/mol. The Morgan fingerprint density at radius 3 is 2.47 bits per heavy atom. The lowest BCUT2D eigenvalue weighted by atomic mass is 10.1. The number of carbonyl (C=O) groups excluding carboxylic acids is 1. The number of amides is 1. The lowest BCUT2D eigenvalue weighted by Crippen LogP contribution is -2.37. The van der Waals surface area contributed by atoms with Crippen LogP contribution in [0.15, 0.2) is 18.2 Å². The van der Waals surface area contributed by atoms with Crippen molar-refractivity contribution < 1.29 is 14.3 Å². The molecule has 106 valence electrons. The van der Waals surface area contributed by atoms with E-state index in [1.54, 1.807) is 18.2 Å². The largest absolute Gasteiger partial charge is 0.490 e. The van der Waals surface area contributed by atoms with Gasteiger partial charge in [-0.15, -0.1) is 0 Å². The van der Waals surface area contributed by atoms with Gasteiger partial charge in [0.2, 0.25) is 0 Å². The zero-order valence-corrected chi connectivity index (χ0v) is 11.7. The summed E-state index contributed by atoms with van der Waals surface area (Å²) in [4.78, 5) is 12.0. The number of benzene rings is 1. The van der Waals surface area contributed by atoms with Gasteiger partial charge in [-0.2, -0.15) is 0 Å². The first kappa shape index (κ1) is 15.3. The van der Waals surface area contributed by atoms with Crippen LogP contribution in [0.25, 0.3) is 0 Å². The summed E-state index contributed by atoms with van der Waals surface area (Å²) in [6, 6.07) is 5.09. The Balaban J connectivity index is 2.90. The Bertz CT molecular complexity index is 421. The quantitative estimate of drug-likeness (QED) is 0.785. The summed E-state index contributed by atoms with van der Waals surface area (Å²) in [5.41, 5.74) is 6.01. The van der Waals surface area contributed by atoms with Crippen LogP contribution < -0.4 is 20.5 Å². The highest BCUT2D eigenvalue weighted by atomic mass is 16.5. The maximum Gasteiger partial charge on any atom is 0.251 e. The van der Waals surface area contributed by atoms with Gasteiger partial charge in [-0.1, -0.05) is 0 Å². The highest BCUT2D eigenvalue weighted by Gasteiger charge is 2.12. The number of nitrogens with one attached hydrogen (secondary N) is 1. The Labute approximate surface area is 114 Å². The van der Waals surface area contributed by atoms with E-state index < -0.39 is 0 Å². The third kappa shape index (κ3) is 4.44. The van der Waals surface area contributed by atoms with Crippen LogP contribution in [-0.2, 0) is 0 Å². The third-order valence-corrected chi connectivity index (χ3v) is 2.54. The van der Waals surface area contributed by atoms with E-state index in [0.717, 1.165) is 0 Å². The van der Waals surface area contributed by atoms with Gasteiger partial charge in [-0.25, -0.2) is 0 Å². The highest BCUT2D eigenvalue weighted by Crippen LogP contribution is 2.28. The molecule has 1 rings (SSSR count). The van der Waals surface area contributed by atoms with Gasteiger partial charge < -0.3 is 20.5 Å². The van der Waals surface area contributed by atoms with Gasteiger partial charge in [0.25, 0.3) is 5.91 Å². The first-order chi connectivity index (χ1) is 9.12. The number of nitrogens with two attached hydrogens (primary N) is 1. The molecule has 0 aliphatic rings. The summed E-state index contributed by atoms with van der Waals surface area (Å²) in [6.45, 7) is 7.12. The summed E-state index contributed by atoms with van der Waals surface area (Å²) in [5.74, 6) is 1.06. The van der Waals surface area contributed by atoms with Crippen LogP contribution in [0.3, 0.4) is 0 Å². The molecular formula is C14H22N2O3. The monoisotopic (exact) mass is 266 g/mol. The van der Waals surface area contributed by atoms with Crippen LogP contribution in [0, 0.1) is 0 Å². The highest BCUT2D eigenvalue weighted by molar-refractivity contribution is 5.95. The zero-order valence-electron chi connectivity index (χ0n) is 11.7. The SMILES string of the molecule is CCOc1ccc(C(=O)N[C@@H](C)CN)cc1OCC. The van der Waals surface area contributed by atoms with E-state index >= 15 is 0 Å². The number of ether oxygens (including phenoxy) is 2. The minimum absolute atomic E-state index is 0.0605. The van der Waals surface area contributed by atoms with Gasteiger partial charge in [0, 0.05) is 18.2 Å². The molecule has 1 aromatic rings. The minimum atomic E-state index is -0.165. The molecule has 0 saturated carbocycles. The van der Waals surface area contributed by atoms with Crippen molar-refractivity contribution in [3.8, 4) is 11.5 Å². The van der Waals surface area contributed by atoms with Crippen molar-refractivity contribution in [3.05, 3.63) is 23.8 Å². The van der Waals surface area contributed by atoms with Gasteiger partial charge >= 0.3 is 0 Å². The molecule has 5 nitrogen and oxygen atoms in total. The predicted molar refractivity (Wildman–Crippen MR) is 74.8 cm³/mol. The maximum atomic E-state index is 12.0. The predicted octanol–water partition coefficient (Wildman–Crippen LogP) is 1.56. The summed E-state index contributed by atoms with van der Waals surface area (Å²) in [6.07, 6.45) is 0. The van der Waals surface area contributed by atoms with Crippen molar-refractivity contribution in [1.29, 1.82) is 0 Å². The summed E-state index contributed by atoms with van der Waals surface area (Å²) < 4.78 is 10.9. The molecular weight excluding hydrogens is 244 g/mol. The van der Waals surface area contributed by atoms with Crippen LogP contribution in [0.2, 0.25) is 0 Å². The molecule has 5 heteroatoms. The molecule has 0 fully saturated rings. The molecule has 1 amide bonds. The van der Waals surface area contributed by atoms with Crippen LogP contribution >= 0.6 is 0 Å². The van der Waals surface area contributed by atoms with Gasteiger partial charge in [0.05, 0.1) is 13.2 Å². The summed E-state index contributed by atoms with van der Waals surface area (Å²) in [5, 5.41) is 2.81. The van der Waals surface area contributed by atoms with E-state index in [0.29, 0.717) is 36.8 Å². The minimum Gasteiger partial charge on any atom is -0.490 e. The topological polar surface area (TPSA) is 73.6 Å². The first-order valence-electron chi connectivity index (χ1n) is 6.52. The molecule has 3 N–H and O–H groups in total. The standard InChI is InChI=1S/C14H22N2O3/c1-4-18-12-7-6-11(8-13(12)19-5-2)14(17)16-10(3)9-15/h6-8,10H,4-5,9,15H2,1-3H3,(H,16,17)/t10-/m0/s1. The Hall–Kier alpha value is -1.75. The van der Waals surface area contributed by atoms with Crippen molar-refractivity contribution in [2.24, 2.45) is 5.73 Å². The van der Waals surface area contributed by atoms with Crippen molar-refractivity contribution in [1.82, 2.24) is 5.32 Å². The van der Waals surface area contributed by atoms with E-state index in [4.69, 9.17) is 15.2 Å². The molecule has 0 spiro atoms. The van der Waals surface area contributed by atoms with Crippen molar-refractivity contribution >= 4 is 5.91 Å². The molecule has 19 heavy (non-hydrogen) atoms. The van der Waals surface area contributed by atoms with Crippen LogP contribution in [-0.4, -0.2) is 31.7 Å². The second-order valence-corrected chi connectivity index (χ2v) is 4.14. The molecule has 0 aliphatic carbocycles. The second kappa shape index (κ2) is 7.63. The number of rotatable bonds is 7. The molecule has 0 aromatic heterocycles. The van der Waals surface area contributed by atoms with Crippen LogP contribution in [0.4, 0.5) is 0 Å². The summed E-state index contributed by atoms with van der Waals surface area (Å²) in [7, 11) is 0. The van der Waals surface area contributed by atoms with E-state index in [-0.39, 0.29) is 11.9 Å². The molecule has 0 unspecified atom stereocenters. The first-order valence-corrected chi connectivity index (χ1v) is 6.52. The fourth-order valence-corrected chi connectivity index (χ4v) is 1.56. The molecule has 0 bridgehead atoms. The Morgan fingerprint density at radius 2 is 1.89 bits per heavy atom. The fraction of sp³-hybridized carbons (Fsp3) is 0.500. The molecule has 1 aromatic carbocycles. The fourth-order valence-electron chi connectivity index (χ4n) is 1.56. The van der Waals surface area contributed by atoms with Crippen molar-refractivity contribution in [2.45, 2.75) is 26.8 Å².